The first-order valence-electron chi connectivity index (χ1n) is 7.85. The first-order valence-corrected chi connectivity index (χ1v) is 7.85. The molecule has 0 bridgehead atoms. The number of amides is 1. The molecular weight excluding hydrogens is 292 g/mol. The summed E-state index contributed by atoms with van der Waals surface area (Å²) >= 11 is 0. The fourth-order valence-corrected chi connectivity index (χ4v) is 2.15. The number of aromatic nitrogens is 2. The second kappa shape index (κ2) is 9.76. The van der Waals surface area contributed by atoms with Crippen molar-refractivity contribution in [2.24, 2.45) is 0 Å². The molecule has 0 atom stereocenters. The fraction of sp³-hybridized carbons (Fsp3) is 0.412. The fourth-order valence-electron chi connectivity index (χ4n) is 2.15. The van der Waals surface area contributed by atoms with Crippen molar-refractivity contribution in [3.05, 3.63) is 48.3 Å². The lowest BCUT2D eigenvalue weighted by molar-refractivity contribution is -0.121. The van der Waals surface area contributed by atoms with E-state index in [0.717, 1.165) is 24.3 Å². The Labute approximate surface area is 136 Å². The van der Waals surface area contributed by atoms with Crippen LogP contribution in [0.2, 0.25) is 0 Å². The van der Waals surface area contributed by atoms with Gasteiger partial charge in [-0.25, -0.2) is 4.68 Å². The molecule has 0 radical (unpaired) electrons. The molecule has 23 heavy (non-hydrogen) atoms. The Morgan fingerprint density at radius 2 is 2.04 bits per heavy atom. The van der Waals surface area contributed by atoms with Crippen LogP contribution in [0.1, 0.15) is 12.0 Å². The molecule has 0 unspecified atom stereocenters. The van der Waals surface area contributed by atoms with Crippen LogP contribution in [0, 0.1) is 0 Å². The average Bonchev–Trinajstić information content (AvgIpc) is 3.06. The van der Waals surface area contributed by atoms with Gasteiger partial charge in [-0.2, -0.15) is 5.10 Å². The highest BCUT2D eigenvalue weighted by Crippen LogP contribution is 2.08. The summed E-state index contributed by atoms with van der Waals surface area (Å²) in [4.78, 5) is 11.8. The molecule has 6 heteroatoms. The molecule has 2 aromatic rings. The van der Waals surface area contributed by atoms with Crippen molar-refractivity contribution in [1.82, 2.24) is 20.4 Å². The van der Waals surface area contributed by atoms with Crippen molar-refractivity contribution >= 4 is 5.91 Å². The molecule has 1 aromatic heterocycles. The number of hydrogen-bond donors (Lipinski definition) is 2. The monoisotopic (exact) mass is 316 g/mol. The van der Waals surface area contributed by atoms with E-state index in [1.54, 1.807) is 7.11 Å². The van der Waals surface area contributed by atoms with Gasteiger partial charge in [0.1, 0.15) is 0 Å². The number of ether oxygens (including phenoxy) is 1. The molecule has 2 rings (SSSR count). The van der Waals surface area contributed by atoms with Gasteiger partial charge in [0.25, 0.3) is 0 Å². The van der Waals surface area contributed by atoms with Gasteiger partial charge in [0.15, 0.2) is 0 Å². The number of para-hydroxylation sites is 1. The van der Waals surface area contributed by atoms with Crippen molar-refractivity contribution in [2.75, 3.05) is 33.4 Å². The maximum atomic E-state index is 11.8. The largest absolute Gasteiger partial charge is 0.383 e. The molecule has 0 aliphatic heterocycles. The Morgan fingerprint density at radius 1 is 1.22 bits per heavy atom. The summed E-state index contributed by atoms with van der Waals surface area (Å²) in [7, 11) is 1.67. The van der Waals surface area contributed by atoms with Crippen molar-refractivity contribution in [2.45, 2.75) is 12.8 Å². The molecule has 0 saturated heterocycles. The first kappa shape index (κ1) is 17.2. The second-order valence-electron chi connectivity index (χ2n) is 5.22. The lowest BCUT2D eigenvalue weighted by atomic mass is 10.2. The number of aryl methyl sites for hydroxylation is 1. The van der Waals surface area contributed by atoms with Crippen LogP contribution < -0.4 is 10.6 Å². The number of rotatable bonds is 10. The van der Waals surface area contributed by atoms with Gasteiger partial charge < -0.3 is 15.4 Å². The predicted molar refractivity (Wildman–Crippen MR) is 89.6 cm³/mol. The summed E-state index contributed by atoms with van der Waals surface area (Å²) < 4.78 is 6.76. The van der Waals surface area contributed by atoms with E-state index >= 15 is 0 Å². The van der Waals surface area contributed by atoms with Crippen LogP contribution in [0.4, 0.5) is 0 Å². The van der Waals surface area contributed by atoms with Gasteiger partial charge in [-0.05, 0) is 24.1 Å². The standard InChI is InChI=1S/C17H24N4O2/c1-23-12-11-18-9-10-19-17(22)8-7-15-13-20-21(14-15)16-5-3-2-4-6-16/h2-6,13-14,18H,7-12H2,1H3,(H,19,22). The SMILES string of the molecule is COCCNCCNC(=O)CCc1cnn(-c2ccccc2)c1. The van der Waals surface area contributed by atoms with Gasteiger partial charge >= 0.3 is 0 Å². The summed E-state index contributed by atoms with van der Waals surface area (Å²) in [5, 5.41) is 10.4. The molecule has 1 amide bonds. The maximum Gasteiger partial charge on any atom is 0.220 e. The van der Waals surface area contributed by atoms with Crippen molar-refractivity contribution in [3.8, 4) is 5.69 Å². The van der Waals surface area contributed by atoms with Crippen LogP contribution in [-0.2, 0) is 16.0 Å². The van der Waals surface area contributed by atoms with Crippen LogP contribution in [0.15, 0.2) is 42.7 Å². The highest BCUT2D eigenvalue weighted by molar-refractivity contribution is 5.76. The zero-order valence-electron chi connectivity index (χ0n) is 13.5. The van der Waals surface area contributed by atoms with E-state index in [-0.39, 0.29) is 5.91 Å². The Balaban J connectivity index is 1.66. The normalized spacial score (nSPS) is 10.7. The average molecular weight is 316 g/mol. The Morgan fingerprint density at radius 3 is 2.83 bits per heavy atom. The molecule has 1 aromatic carbocycles. The Hall–Kier alpha value is -2.18. The van der Waals surface area contributed by atoms with Crippen molar-refractivity contribution in [3.63, 3.8) is 0 Å². The molecule has 6 nitrogen and oxygen atoms in total. The van der Waals surface area contributed by atoms with Crippen LogP contribution >= 0.6 is 0 Å². The van der Waals surface area contributed by atoms with Gasteiger partial charge in [0.2, 0.25) is 5.91 Å². The minimum absolute atomic E-state index is 0.0611. The van der Waals surface area contributed by atoms with Crippen LogP contribution in [0.5, 0.6) is 0 Å². The predicted octanol–water partition coefficient (Wildman–Crippen LogP) is 1.16. The third-order valence-electron chi connectivity index (χ3n) is 3.40. The summed E-state index contributed by atoms with van der Waals surface area (Å²) in [6, 6.07) is 9.93. The zero-order valence-corrected chi connectivity index (χ0v) is 13.5. The number of methoxy groups -OCH3 is 1. The molecule has 1 heterocycles. The van der Waals surface area contributed by atoms with E-state index in [4.69, 9.17) is 4.74 Å². The van der Waals surface area contributed by atoms with Crippen LogP contribution in [0.3, 0.4) is 0 Å². The maximum absolute atomic E-state index is 11.8. The van der Waals surface area contributed by atoms with Crippen LogP contribution in [0.25, 0.3) is 5.69 Å². The lowest BCUT2D eigenvalue weighted by Crippen LogP contribution is -2.33. The molecule has 2 N–H and O–H groups in total. The number of carbonyl (C=O) groups is 1. The highest BCUT2D eigenvalue weighted by atomic mass is 16.5. The van der Waals surface area contributed by atoms with E-state index in [1.807, 2.05) is 47.4 Å². The van der Waals surface area contributed by atoms with E-state index in [9.17, 15) is 4.79 Å². The van der Waals surface area contributed by atoms with E-state index in [0.29, 0.717) is 26.0 Å². The smallest absolute Gasteiger partial charge is 0.220 e. The third kappa shape index (κ3) is 6.22. The summed E-state index contributed by atoms with van der Waals surface area (Å²) in [5.74, 6) is 0.0611. The van der Waals surface area contributed by atoms with Gasteiger partial charge in [0, 0.05) is 39.4 Å². The van der Waals surface area contributed by atoms with Crippen molar-refractivity contribution < 1.29 is 9.53 Å². The second-order valence-corrected chi connectivity index (χ2v) is 5.22. The quantitative estimate of drug-likeness (QED) is 0.646. The third-order valence-corrected chi connectivity index (χ3v) is 3.40. The number of carbonyl (C=O) groups excluding carboxylic acids is 1. The number of nitrogens with zero attached hydrogens (tertiary/aromatic N) is 2. The Bertz CT molecular complexity index is 583. The molecule has 124 valence electrons. The minimum atomic E-state index is 0.0611. The minimum Gasteiger partial charge on any atom is -0.383 e. The summed E-state index contributed by atoms with van der Waals surface area (Å²) in [5.41, 5.74) is 2.08. The molecule has 0 fully saturated rings. The van der Waals surface area contributed by atoms with Gasteiger partial charge in [-0.15, -0.1) is 0 Å². The lowest BCUT2D eigenvalue weighted by Gasteiger charge is -2.06. The molecule has 0 aliphatic rings. The van der Waals surface area contributed by atoms with Crippen molar-refractivity contribution in [1.29, 1.82) is 0 Å². The summed E-state index contributed by atoms with van der Waals surface area (Å²) in [6.45, 7) is 2.86. The number of benzene rings is 1. The van der Waals surface area contributed by atoms with Crippen LogP contribution in [-0.4, -0.2) is 49.0 Å². The molecule has 0 saturated carbocycles. The molecule has 0 spiro atoms. The first-order chi connectivity index (χ1) is 11.3. The zero-order chi connectivity index (χ0) is 16.3. The molecule has 0 aliphatic carbocycles. The van der Waals surface area contributed by atoms with E-state index in [1.165, 1.54) is 0 Å². The number of hydrogen-bond acceptors (Lipinski definition) is 4. The van der Waals surface area contributed by atoms with Gasteiger partial charge in [0.05, 0.1) is 18.5 Å². The summed E-state index contributed by atoms with van der Waals surface area (Å²) in [6.07, 6.45) is 4.94. The van der Waals surface area contributed by atoms with Gasteiger partial charge in [-0.1, -0.05) is 18.2 Å². The van der Waals surface area contributed by atoms with E-state index in [2.05, 4.69) is 15.7 Å². The topological polar surface area (TPSA) is 68.2 Å². The van der Waals surface area contributed by atoms with E-state index < -0.39 is 0 Å². The number of nitrogens with one attached hydrogen (secondary N) is 2. The highest BCUT2D eigenvalue weighted by Gasteiger charge is 2.04. The molecular formula is C17H24N4O2. The van der Waals surface area contributed by atoms with Gasteiger partial charge in [-0.3, -0.25) is 4.79 Å². The Kier molecular flexibility index (Phi) is 7.29.